The van der Waals surface area contributed by atoms with Crippen molar-refractivity contribution in [2.24, 2.45) is 0 Å². The van der Waals surface area contributed by atoms with Crippen molar-refractivity contribution in [2.45, 2.75) is 59.8 Å². The Balaban J connectivity index is 2.76. The van der Waals surface area contributed by atoms with E-state index in [1.807, 2.05) is 18.2 Å². The molecule has 4 heteroatoms. The number of carbonyl (C=O) groups excluding carboxylic acids is 2. The van der Waals surface area contributed by atoms with Crippen molar-refractivity contribution in [3.8, 4) is 0 Å². The number of para-hydroxylation sites is 1. The predicted molar refractivity (Wildman–Crippen MR) is 95.6 cm³/mol. The molecule has 0 heterocycles. The minimum atomic E-state index is -0.118. The van der Waals surface area contributed by atoms with Crippen molar-refractivity contribution in [2.75, 3.05) is 18.4 Å². The maximum atomic E-state index is 12.4. The predicted octanol–water partition coefficient (Wildman–Crippen LogP) is 3.79. The fraction of sp³-hybridized carbons (Fsp3) is 0.579. The van der Waals surface area contributed by atoms with Crippen LogP contribution in [0.5, 0.6) is 0 Å². The number of hydrogen-bond acceptors (Lipinski definition) is 2. The van der Waals surface area contributed by atoms with Crippen LogP contribution in [0.3, 0.4) is 0 Å². The fourth-order valence-corrected chi connectivity index (χ4v) is 2.66. The number of aryl methyl sites for hydroxylation is 2. The van der Waals surface area contributed by atoms with Gasteiger partial charge in [-0.25, -0.2) is 0 Å². The van der Waals surface area contributed by atoms with Crippen LogP contribution in [-0.2, 0) is 22.4 Å². The summed E-state index contributed by atoms with van der Waals surface area (Å²) >= 11 is 0. The molecular weight excluding hydrogens is 288 g/mol. The Morgan fingerprint density at radius 1 is 1.04 bits per heavy atom. The topological polar surface area (TPSA) is 49.4 Å². The molecule has 1 N–H and O–H groups in total. The van der Waals surface area contributed by atoms with Gasteiger partial charge in [-0.2, -0.15) is 0 Å². The summed E-state index contributed by atoms with van der Waals surface area (Å²) in [6.45, 7) is 8.58. The molecular formula is C19H30N2O2. The third kappa shape index (κ3) is 6.05. The SMILES string of the molecule is CCCCCN(CC(=O)Nc1c(CC)cccc1CC)C(C)=O. The van der Waals surface area contributed by atoms with Crippen molar-refractivity contribution in [1.82, 2.24) is 4.90 Å². The van der Waals surface area contributed by atoms with Gasteiger partial charge in [0.05, 0.1) is 6.54 Å². The maximum Gasteiger partial charge on any atom is 0.244 e. The van der Waals surface area contributed by atoms with Crippen LogP contribution in [0.15, 0.2) is 18.2 Å². The first-order valence-corrected chi connectivity index (χ1v) is 8.69. The number of anilines is 1. The zero-order valence-electron chi connectivity index (χ0n) is 14.9. The second-order valence-electron chi connectivity index (χ2n) is 5.85. The molecule has 0 radical (unpaired) electrons. The van der Waals surface area contributed by atoms with Gasteiger partial charge in [0.15, 0.2) is 0 Å². The van der Waals surface area contributed by atoms with E-state index < -0.39 is 0 Å². The normalized spacial score (nSPS) is 10.4. The second-order valence-corrected chi connectivity index (χ2v) is 5.85. The Bertz CT molecular complexity index is 504. The second kappa shape index (κ2) is 10.0. The highest BCUT2D eigenvalue weighted by Crippen LogP contribution is 2.22. The van der Waals surface area contributed by atoms with Crippen LogP contribution in [0.25, 0.3) is 0 Å². The molecule has 1 aromatic rings. The number of amides is 2. The van der Waals surface area contributed by atoms with Gasteiger partial charge in [-0.3, -0.25) is 9.59 Å². The van der Waals surface area contributed by atoms with E-state index in [1.54, 1.807) is 4.90 Å². The molecule has 0 bridgehead atoms. The van der Waals surface area contributed by atoms with E-state index in [2.05, 4.69) is 26.1 Å². The zero-order chi connectivity index (χ0) is 17.2. The molecule has 1 aromatic carbocycles. The minimum absolute atomic E-state index is 0.0456. The quantitative estimate of drug-likeness (QED) is 0.704. The van der Waals surface area contributed by atoms with Gasteiger partial charge in [0.25, 0.3) is 0 Å². The highest BCUT2D eigenvalue weighted by Gasteiger charge is 2.15. The molecule has 0 unspecified atom stereocenters. The summed E-state index contributed by atoms with van der Waals surface area (Å²) in [5, 5.41) is 3.02. The Morgan fingerprint density at radius 2 is 1.65 bits per heavy atom. The van der Waals surface area contributed by atoms with Gasteiger partial charge in [0.1, 0.15) is 0 Å². The third-order valence-electron chi connectivity index (χ3n) is 4.07. The van der Waals surface area contributed by atoms with Gasteiger partial charge in [-0.1, -0.05) is 51.8 Å². The average molecular weight is 318 g/mol. The lowest BCUT2D eigenvalue weighted by molar-refractivity contribution is -0.132. The summed E-state index contributed by atoms with van der Waals surface area (Å²) in [6.07, 6.45) is 4.85. The van der Waals surface area contributed by atoms with E-state index >= 15 is 0 Å². The van der Waals surface area contributed by atoms with E-state index in [0.29, 0.717) is 6.54 Å². The van der Waals surface area contributed by atoms with Crippen LogP contribution in [-0.4, -0.2) is 29.8 Å². The highest BCUT2D eigenvalue weighted by atomic mass is 16.2. The third-order valence-corrected chi connectivity index (χ3v) is 4.07. The van der Waals surface area contributed by atoms with Crippen LogP contribution >= 0.6 is 0 Å². The zero-order valence-corrected chi connectivity index (χ0v) is 14.9. The Hall–Kier alpha value is -1.84. The largest absolute Gasteiger partial charge is 0.334 e. The average Bonchev–Trinajstić information content (AvgIpc) is 2.54. The van der Waals surface area contributed by atoms with E-state index in [1.165, 1.54) is 6.92 Å². The lowest BCUT2D eigenvalue weighted by Crippen LogP contribution is -2.37. The van der Waals surface area contributed by atoms with Crippen LogP contribution in [0, 0.1) is 0 Å². The summed E-state index contributed by atoms with van der Waals surface area (Å²) in [6, 6.07) is 6.11. The van der Waals surface area contributed by atoms with Gasteiger partial charge in [0, 0.05) is 19.2 Å². The number of unbranched alkanes of at least 4 members (excludes halogenated alkanes) is 2. The Morgan fingerprint density at radius 3 is 2.13 bits per heavy atom. The Labute approximate surface area is 140 Å². The molecule has 0 aliphatic carbocycles. The molecule has 0 saturated heterocycles. The first-order valence-electron chi connectivity index (χ1n) is 8.69. The van der Waals surface area contributed by atoms with Gasteiger partial charge in [0.2, 0.25) is 11.8 Å². The molecule has 2 amide bonds. The number of nitrogens with zero attached hydrogens (tertiary/aromatic N) is 1. The van der Waals surface area contributed by atoms with Crippen LogP contribution in [0.1, 0.15) is 58.1 Å². The summed E-state index contributed by atoms with van der Waals surface area (Å²) in [7, 11) is 0. The number of hydrogen-bond donors (Lipinski definition) is 1. The highest BCUT2D eigenvalue weighted by molar-refractivity contribution is 5.95. The summed E-state index contributed by atoms with van der Waals surface area (Å²) in [5.41, 5.74) is 3.19. The molecule has 0 spiro atoms. The van der Waals surface area contributed by atoms with Gasteiger partial charge in [-0.15, -0.1) is 0 Å². The van der Waals surface area contributed by atoms with E-state index in [-0.39, 0.29) is 18.4 Å². The molecule has 23 heavy (non-hydrogen) atoms. The van der Waals surface area contributed by atoms with Crippen LogP contribution < -0.4 is 5.32 Å². The number of carbonyl (C=O) groups is 2. The smallest absolute Gasteiger partial charge is 0.244 e. The lowest BCUT2D eigenvalue weighted by Gasteiger charge is -2.21. The van der Waals surface area contributed by atoms with Crippen LogP contribution in [0.4, 0.5) is 5.69 Å². The molecule has 4 nitrogen and oxygen atoms in total. The van der Waals surface area contributed by atoms with Gasteiger partial charge in [-0.05, 0) is 30.4 Å². The molecule has 0 aliphatic rings. The van der Waals surface area contributed by atoms with Gasteiger partial charge < -0.3 is 10.2 Å². The van der Waals surface area contributed by atoms with Crippen molar-refractivity contribution in [3.05, 3.63) is 29.3 Å². The first-order chi connectivity index (χ1) is 11.0. The van der Waals surface area contributed by atoms with E-state index in [9.17, 15) is 9.59 Å². The van der Waals surface area contributed by atoms with Crippen LogP contribution in [0.2, 0.25) is 0 Å². The summed E-state index contributed by atoms with van der Waals surface area (Å²) in [5.74, 6) is -0.164. The molecule has 0 fully saturated rings. The molecule has 0 aromatic heterocycles. The first kappa shape index (κ1) is 19.2. The lowest BCUT2D eigenvalue weighted by atomic mass is 10.0. The fourth-order valence-electron chi connectivity index (χ4n) is 2.66. The molecule has 0 atom stereocenters. The Kier molecular flexibility index (Phi) is 8.38. The molecule has 128 valence electrons. The number of rotatable bonds is 9. The number of benzene rings is 1. The summed E-state index contributed by atoms with van der Waals surface area (Å²) in [4.78, 5) is 25.7. The van der Waals surface area contributed by atoms with E-state index in [0.717, 1.165) is 48.9 Å². The van der Waals surface area contributed by atoms with Crippen molar-refractivity contribution in [1.29, 1.82) is 0 Å². The molecule has 0 saturated carbocycles. The maximum absolute atomic E-state index is 12.4. The van der Waals surface area contributed by atoms with Crippen molar-refractivity contribution in [3.63, 3.8) is 0 Å². The summed E-state index contributed by atoms with van der Waals surface area (Å²) < 4.78 is 0. The van der Waals surface area contributed by atoms with Crippen molar-refractivity contribution < 1.29 is 9.59 Å². The van der Waals surface area contributed by atoms with Crippen molar-refractivity contribution >= 4 is 17.5 Å². The van der Waals surface area contributed by atoms with E-state index in [4.69, 9.17) is 0 Å². The minimum Gasteiger partial charge on any atom is -0.334 e. The molecule has 0 aliphatic heterocycles. The van der Waals surface area contributed by atoms with Gasteiger partial charge >= 0.3 is 0 Å². The molecule has 1 rings (SSSR count). The standard InChI is InChI=1S/C19H30N2O2/c1-5-8-9-13-21(15(4)22)14-18(23)20-19-16(6-2)11-10-12-17(19)7-3/h10-12H,5-9,13-14H2,1-4H3,(H,20,23). The monoisotopic (exact) mass is 318 g/mol. The number of nitrogens with one attached hydrogen (secondary N) is 1.